The highest BCUT2D eigenvalue weighted by Crippen LogP contribution is 2.40. The number of ether oxygens (including phenoxy) is 1. The van der Waals surface area contributed by atoms with E-state index in [-0.39, 0.29) is 28.4 Å². The van der Waals surface area contributed by atoms with Gasteiger partial charge in [-0.25, -0.2) is 4.98 Å². The third kappa shape index (κ3) is 5.11. The van der Waals surface area contributed by atoms with E-state index in [1.807, 2.05) is 0 Å². The van der Waals surface area contributed by atoms with E-state index >= 15 is 0 Å². The third-order valence-corrected chi connectivity index (χ3v) is 4.43. The van der Waals surface area contributed by atoms with Crippen molar-refractivity contribution in [3.63, 3.8) is 0 Å². The fraction of sp³-hybridized carbons (Fsp3) is 0.100. The molecule has 0 saturated heterocycles. The van der Waals surface area contributed by atoms with Gasteiger partial charge < -0.3 is 15.8 Å². The van der Waals surface area contributed by atoms with Crippen LogP contribution in [0.25, 0.3) is 0 Å². The van der Waals surface area contributed by atoms with Gasteiger partial charge in [-0.2, -0.15) is 17.6 Å². The Kier molecular flexibility index (Phi) is 6.30. The van der Waals surface area contributed by atoms with Crippen molar-refractivity contribution in [2.75, 3.05) is 5.32 Å². The van der Waals surface area contributed by atoms with Gasteiger partial charge in [-0.05, 0) is 43.3 Å². The second kappa shape index (κ2) is 8.79. The number of primary amides is 1. The molecule has 32 heavy (non-hydrogen) atoms. The van der Waals surface area contributed by atoms with Crippen LogP contribution in [0.3, 0.4) is 0 Å². The number of anilines is 1. The number of nitrogens with zero attached hydrogens (tertiary/aromatic N) is 2. The molecule has 0 spiro atoms. The minimum absolute atomic E-state index is 0.0418. The molecule has 2 amide bonds. The average Bonchev–Trinajstić information content (AvgIpc) is 2.70. The second-order valence-corrected chi connectivity index (χ2v) is 6.80. The Morgan fingerprint density at radius 1 is 1.12 bits per heavy atom. The first-order valence-electron chi connectivity index (χ1n) is 8.74. The topological polar surface area (TPSA) is 107 Å². The molecule has 166 valence electrons. The van der Waals surface area contributed by atoms with Crippen LogP contribution in [0.15, 0.2) is 42.6 Å². The van der Waals surface area contributed by atoms with Crippen LogP contribution in [0.4, 0.5) is 23.2 Å². The van der Waals surface area contributed by atoms with Crippen molar-refractivity contribution in [1.29, 1.82) is 0 Å². The number of alkyl halides is 3. The van der Waals surface area contributed by atoms with E-state index in [0.717, 1.165) is 18.2 Å². The summed E-state index contributed by atoms with van der Waals surface area (Å²) in [5.74, 6) is -3.13. The van der Waals surface area contributed by atoms with Crippen LogP contribution in [-0.2, 0) is 6.18 Å². The van der Waals surface area contributed by atoms with Crippen molar-refractivity contribution in [2.24, 2.45) is 5.73 Å². The molecule has 7 nitrogen and oxygen atoms in total. The Labute approximate surface area is 183 Å². The molecule has 0 radical (unpaired) electrons. The van der Waals surface area contributed by atoms with Crippen molar-refractivity contribution >= 4 is 29.1 Å². The Hall–Kier alpha value is -3.73. The normalized spacial score (nSPS) is 11.2. The highest BCUT2D eigenvalue weighted by atomic mass is 35.5. The van der Waals surface area contributed by atoms with Gasteiger partial charge in [0.05, 0.1) is 21.8 Å². The fourth-order valence-corrected chi connectivity index (χ4v) is 2.89. The molecule has 0 saturated carbocycles. The van der Waals surface area contributed by atoms with Crippen molar-refractivity contribution < 1.29 is 31.9 Å². The Bertz CT molecular complexity index is 1220. The number of carbonyl (C=O) groups excluding carboxylic acids is 2. The molecule has 0 unspecified atom stereocenters. The number of nitrogens with two attached hydrogens (primary N) is 1. The van der Waals surface area contributed by atoms with Crippen LogP contribution in [0.5, 0.6) is 11.5 Å². The number of halogens is 5. The predicted octanol–water partition coefficient (Wildman–Crippen LogP) is 4.74. The summed E-state index contributed by atoms with van der Waals surface area (Å²) in [5.41, 5.74) is 3.55. The lowest BCUT2D eigenvalue weighted by molar-refractivity contribution is -0.137. The summed E-state index contributed by atoms with van der Waals surface area (Å²) in [5, 5.41) is 1.67. The summed E-state index contributed by atoms with van der Waals surface area (Å²) in [6.07, 6.45) is -3.62. The molecule has 0 aliphatic heterocycles. The van der Waals surface area contributed by atoms with E-state index in [1.54, 1.807) is 0 Å². The van der Waals surface area contributed by atoms with Crippen LogP contribution in [-0.4, -0.2) is 21.8 Å². The number of rotatable bonds is 5. The lowest BCUT2D eigenvalue weighted by Gasteiger charge is -2.17. The number of carbonyl (C=O) groups is 2. The van der Waals surface area contributed by atoms with E-state index in [2.05, 4.69) is 15.3 Å². The van der Waals surface area contributed by atoms with Crippen LogP contribution in [0, 0.1) is 12.9 Å². The van der Waals surface area contributed by atoms with Gasteiger partial charge in [-0.1, -0.05) is 11.6 Å². The Morgan fingerprint density at radius 3 is 2.47 bits per heavy atom. The molecule has 0 aliphatic carbocycles. The summed E-state index contributed by atoms with van der Waals surface area (Å²) in [4.78, 5) is 31.3. The quantitative estimate of drug-likeness (QED) is 0.415. The number of pyridine rings is 2. The first kappa shape index (κ1) is 22.9. The Balaban J connectivity index is 2.05. The minimum atomic E-state index is -4.83. The molecule has 12 heteroatoms. The van der Waals surface area contributed by atoms with Gasteiger partial charge in [0, 0.05) is 11.9 Å². The predicted molar refractivity (Wildman–Crippen MR) is 106 cm³/mol. The fourth-order valence-electron chi connectivity index (χ4n) is 2.62. The maximum absolute atomic E-state index is 13.3. The van der Waals surface area contributed by atoms with E-state index in [4.69, 9.17) is 22.1 Å². The zero-order valence-electron chi connectivity index (χ0n) is 16.1. The van der Waals surface area contributed by atoms with Gasteiger partial charge in [0.15, 0.2) is 0 Å². The molecule has 0 bridgehead atoms. The summed E-state index contributed by atoms with van der Waals surface area (Å²) in [7, 11) is 0. The number of aryl methyl sites for hydroxylation is 1. The molecule has 3 N–H and O–H groups in total. The monoisotopic (exact) mass is 468 g/mol. The number of aromatic nitrogens is 2. The van der Waals surface area contributed by atoms with Crippen LogP contribution in [0.2, 0.25) is 5.02 Å². The summed E-state index contributed by atoms with van der Waals surface area (Å²) in [6, 6.07) is 5.97. The first-order valence-corrected chi connectivity index (χ1v) is 9.12. The van der Waals surface area contributed by atoms with Crippen molar-refractivity contribution in [3.8, 4) is 11.5 Å². The molecule has 3 rings (SSSR count). The maximum atomic E-state index is 13.3. The lowest BCUT2D eigenvalue weighted by atomic mass is 10.1. The Morgan fingerprint density at radius 2 is 1.84 bits per heavy atom. The van der Waals surface area contributed by atoms with Gasteiger partial charge in [0.2, 0.25) is 5.95 Å². The second-order valence-electron chi connectivity index (χ2n) is 6.39. The minimum Gasteiger partial charge on any atom is -0.455 e. The average molecular weight is 469 g/mol. The molecule has 3 aromatic rings. The smallest absolute Gasteiger partial charge is 0.417 e. The van der Waals surface area contributed by atoms with E-state index < -0.39 is 40.3 Å². The molecule has 2 heterocycles. The molecule has 0 aliphatic rings. The molecular formula is C20H13ClF4N4O3. The third-order valence-electron chi connectivity index (χ3n) is 4.11. The van der Waals surface area contributed by atoms with Crippen LogP contribution in [0.1, 0.15) is 32.1 Å². The van der Waals surface area contributed by atoms with Crippen molar-refractivity contribution in [1.82, 2.24) is 9.97 Å². The zero-order chi connectivity index (χ0) is 23.6. The van der Waals surface area contributed by atoms with Crippen LogP contribution < -0.4 is 15.8 Å². The first-order chi connectivity index (χ1) is 15.0. The standard InChI is InChI=1S/C20H13ClF4N4O3/c1-9-15(2-3-17(22)28-9)32-16-8-12(20(23,24)25)13(21)7-11(16)19(31)29-10-4-5-27-14(6-10)18(26)30/h2-8H,1H3,(H2,26,30)(H,27,29,31). The molecule has 0 fully saturated rings. The van der Waals surface area contributed by atoms with E-state index in [1.165, 1.54) is 25.3 Å². The van der Waals surface area contributed by atoms with Gasteiger partial charge in [0.1, 0.15) is 17.2 Å². The maximum Gasteiger partial charge on any atom is 0.417 e. The summed E-state index contributed by atoms with van der Waals surface area (Å²) in [6.45, 7) is 1.38. The number of hydrogen-bond acceptors (Lipinski definition) is 5. The lowest BCUT2D eigenvalue weighted by Crippen LogP contribution is -2.17. The van der Waals surface area contributed by atoms with E-state index in [0.29, 0.717) is 6.07 Å². The SMILES string of the molecule is Cc1nc(F)ccc1Oc1cc(C(F)(F)F)c(Cl)cc1C(=O)Nc1ccnc(C(N)=O)c1. The van der Waals surface area contributed by atoms with Crippen molar-refractivity contribution in [2.45, 2.75) is 13.1 Å². The molecule has 2 aromatic heterocycles. The highest BCUT2D eigenvalue weighted by Gasteiger charge is 2.35. The summed E-state index contributed by atoms with van der Waals surface area (Å²) >= 11 is 5.77. The van der Waals surface area contributed by atoms with Gasteiger partial charge in [0.25, 0.3) is 11.8 Å². The highest BCUT2D eigenvalue weighted by molar-refractivity contribution is 6.32. The largest absolute Gasteiger partial charge is 0.455 e. The molecule has 1 aromatic carbocycles. The van der Waals surface area contributed by atoms with Crippen molar-refractivity contribution in [3.05, 3.63) is 76.1 Å². The van der Waals surface area contributed by atoms with Gasteiger partial charge in [-0.15, -0.1) is 0 Å². The molecular weight excluding hydrogens is 456 g/mol. The van der Waals surface area contributed by atoms with E-state index in [9.17, 15) is 27.2 Å². The van der Waals surface area contributed by atoms with Gasteiger partial charge in [-0.3, -0.25) is 14.6 Å². The number of benzene rings is 1. The number of nitrogens with one attached hydrogen (secondary N) is 1. The molecule has 0 atom stereocenters. The number of hydrogen-bond donors (Lipinski definition) is 2. The van der Waals surface area contributed by atoms with Crippen LogP contribution >= 0.6 is 11.6 Å². The number of amides is 2. The summed E-state index contributed by atoms with van der Waals surface area (Å²) < 4.78 is 58.8. The zero-order valence-corrected chi connectivity index (χ0v) is 16.9. The van der Waals surface area contributed by atoms with Gasteiger partial charge >= 0.3 is 6.18 Å².